The lowest BCUT2D eigenvalue weighted by Crippen LogP contribution is -2.48. The van der Waals surface area contributed by atoms with Crippen molar-refractivity contribution in [2.24, 2.45) is 18.7 Å². The van der Waals surface area contributed by atoms with Gasteiger partial charge < -0.3 is 14.9 Å². The SMILES string of the molecule is CCCCCCC(N)(Oc1ccc2c(-c3ccc(Br)cc3)nn(C)c2c1)C1CC1.O=C(O)/C=C/C(=O)O. The molecule has 4 rings (SSSR count). The summed E-state index contributed by atoms with van der Waals surface area (Å²) < 4.78 is 9.42. The molecule has 0 saturated heterocycles. The van der Waals surface area contributed by atoms with E-state index in [1.807, 2.05) is 29.9 Å². The summed E-state index contributed by atoms with van der Waals surface area (Å²) in [5.74, 6) is -1.20. The van der Waals surface area contributed by atoms with Crippen molar-refractivity contribution in [2.45, 2.75) is 57.6 Å². The molecule has 0 radical (unpaired) electrons. The summed E-state index contributed by atoms with van der Waals surface area (Å²) in [4.78, 5) is 19.1. The van der Waals surface area contributed by atoms with Gasteiger partial charge in [-0.1, -0.05) is 54.2 Å². The molecule has 0 amide bonds. The Balaban J connectivity index is 0.000000414. The number of ether oxygens (including phenoxy) is 1. The minimum atomic E-state index is -1.26. The summed E-state index contributed by atoms with van der Waals surface area (Å²) in [6, 6.07) is 14.5. The first kappa shape index (κ1) is 28.4. The van der Waals surface area contributed by atoms with Gasteiger partial charge in [0.05, 0.1) is 5.52 Å². The summed E-state index contributed by atoms with van der Waals surface area (Å²) in [6.07, 6.45) is 9.24. The zero-order valence-corrected chi connectivity index (χ0v) is 22.8. The minimum Gasteiger partial charge on any atom is -0.478 e. The van der Waals surface area contributed by atoms with Crippen molar-refractivity contribution in [1.29, 1.82) is 0 Å². The van der Waals surface area contributed by atoms with Gasteiger partial charge in [0.2, 0.25) is 0 Å². The maximum absolute atomic E-state index is 9.55. The molecule has 2 aromatic carbocycles. The van der Waals surface area contributed by atoms with E-state index < -0.39 is 17.7 Å². The van der Waals surface area contributed by atoms with Crippen molar-refractivity contribution >= 4 is 38.8 Å². The van der Waals surface area contributed by atoms with Gasteiger partial charge in [0.1, 0.15) is 11.4 Å². The van der Waals surface area contributed by atoms with E-state index >= 15 is 0 Å². The molecule has 1 aromatic heterocycles. The van der Waals surface area contributed by atoms with Crippen LogP contribution < -0.4 is 10.5 Å². The van der Waals surface area contributed by atoms with Crippen molar-refractivity contribution in [1.82, 2.24) is 9.78 Å². The number of hydrogen-bond donors (Lipinski definition) is 3. The molecular formula is C28H34BrN3O5. The summed E-state index contributed by atoms with van der Waals surface area (Å²) in [7, 11) is 1.98. The Morgan fingerprint density at radius 3 is 2.32 bits per heavy atom. The maximum Gasteiger partial charge on any atom is 0.328 e. The molecule has 37 heavy (non-hydrogen) atoms. The topological polar surface area (TPSA) is 128 Å². The lowest BCUT2D eigenvalue weighted by molar-refractivity contribution is -0.134. The van der Waals surface area contributed by atoms with Gasteiger partial charge in [0, 0.05) is 53.0 Å². The van der Waals surface area contributed by atoms with E-state index in [9.17, 15) is 9.59 Å². The molecule has 1 fully saturated rings. The summed E-state index contributed by atoms with van der Waals surface area (Å²) in [6.45, 7) is 2.23. The molecule has 9 heteroatoms. The van der Waals surface area contributed by atoms with Crippen LogP contribution >= 0.6 is 15.9 Å². The van der Waals surface area contributed by atoms with Crippen molar-refractivity contribution in [2.75, 3.05) is 0 Å². The van der Waals surface area contributed by atoms with Gasteiger partial charge in [-0.3, -0.25) is 10.4 Å². The van der Waals surface area contributed by atoms with Gasteiger partial charge in [-0.15, -0.1) is 0 Å². The van der Waals surface area contributed by atoms with Crippen LogP contribution in [-0.2, 0) is 16.6 Å². The highest BCUT2D eigenvalue weighted by atomic mass is 79.9. The molecule has 0 aliphatic heterocycles. The Kier molecular flexibility index (Phi) is 9.88. The Hall–Kier alpha value is -3.17. The van der Waals surface area contributed by atoms with Crippen LogP contribution in [0.4, 0.5) is 0 Å². The largest absolute Gasteiger partial charge is 0.478 e. The second-order valence-electron chi connectivity index (χ2n) is 9.31. The van der Waals surface area contributed by atoms with Gasteiger partial charge >= 0.3 is 11.9 Å². The number of rotatable bonds is 11. The minimum absolute atomic E-state index is 0.477. The fraction of sp³-hybridized carbons (Fsp3) is 0.393. The third-order valence-corrected chi connectivity index (χ3v) is 6.84. The lowest BCUT2D eigenvalue weighted by Gasteiger charge is -2.31. The predicted octanol–water partition coefficient (Wildman–Crippen LogP) is 6.13. The zero-order valence-electron chi connectivity index (χ0n) is 21.2. The molecule has 4 N–H and O–H groups in total. The van der Waals surface area contributed by atoms with Crippen LogP contribution in [0.5, 0.6) is 5.75 Å². The van der Waals surface area contributed by atoms with E-state index in [1.165, 1.54) is 32.1 Å². The number of hydrogen-bond acceptors (Lipinski definition) is 5. The molecular weight excluding hydrogens is 538 g/mol. The molecule has 1 aliphatic carbocycles. The fourth-order valence-corrected chi connectivity index (χ4v) is 4.49. The quantitative estimate of drug-likeness (QED) is 0.143. The monoisotopic (exact) mass is 571 g/mol. The van der Waals surface area contributed by atoms with E-state index in [4.69, 9.17) is 25.8 Å². The molecule has 0 bridgehead atoms. The highest BCUT2D eigenvalue weighted by Crippen LogP contribution is 2.42. The van der Waals surface area contributed by atoms with E-state index in [0.29, 0.717) is 18.1 Å². The zero-order chi connectivity index (χ0) is 27.0. The number of aromatic nitrogens is 2. The van der Waals surface area contributed by atoms with E-state index in [-0.39, 0.29) is 0 Å². The van der Waals surface area contributed by atoms with Crippen LogP contribution in [0.1, 0.15) is 51.9 Å². The third-order valence-electron chi connectivity index (χ3n) is 6.31. The van der Waals surface area contributed by atoms with Gasteiger partial charge in [-0.2, -0.15) is 5.10 Å². The first-order valence-corrected chi connectivity index (χ1v) is 13.3. The van der Waals surface area contributed by atoms with Gasteiger partial charge in [0.25, 0.3) is 0 Å². The molecule has 0 spiro atoms. The number of nitrogens with zero attached hydrogens (tertiary/aromatic N) is 2. The first-order valence-electron chi connectivity index (χ1n) is 12.5. The van der Waals surface area contributed by atoms with E-state index in [0.717, 1.165) is 45.2 Å². The Labute approximate surface area is 225 Å². The van der Waals surface area contributed by atoms with Crippen molar-refractivity contribution in [3.05, 3.63) is 59.1 Å². The fourth-order valence-electron chi connectivity index (χ4n) is 4.22. The summed E-state index contributed by atoms with van der Waals surface area (Å²) in [5.41, 5.74) is 9.37. The molecule has 1 unspecified atom stereocenters. The Bertz CT molecular complexity index is 1230. The van der Waals surface area contributed by atoms with Crippen LogP contribution in [0, 0.1) is 5.92 Å². The maximum atomic E-state index is 9.55. The van der Waals surface area contributed by atoms with Crippen LogP contribution in [0.2, 0.25) is 0 Å². The number of benzene rings is 2. The first-order chi connectivity index (χ1) is 17.6. The van der Waals surface area contributed by atoms with E-state index in [1.54, 1.807) is 0 Å². The number of halogens is 1. The van der Waals surface area contributed by atoms with Crippen molar-refractivity contribution in [3.63, 3.8) is 0 Å². The van der Waals surface area contributed by atoms with Crippen molar-refractivity contribution in [3.8, 4) is 17.0 Å². The van der Waals surface area contributed by atoms with Gasteiger partial charge in [0.15, 0.2) is 5.72 Å². The number of fused-ring (bicyclic) bond motifs is 1. The second kappa shape index (κ2) is 12.9. The second-order valence-corrected chi connectivity index (χ2v) is 10.2. The van der Waals surface area contributed by atoms with Crippen LogP contribution in [-0.4, -0.2) is 37.7 Å². The number of aliphatic carboxylic acids is 2. The number of carboxylic acid groups (broad SMARTS) is 2. The highest BCUT2D eigenvalue weighted by Gasteiger charge is 2.44. The van der Waals surface area contributed by atoms with E-state index in [2.05, 4.69) is 47.1 Å². The van der Waals surface area contributed by atoms with Crippen LogP contribution in [0.15, 0.2) is 59.1 Å². The van der Waals surface area contributed by atoms with Crippen molar-refractivity contribution < 1.29 is 24.5 Å². The summed E-state index contributed by atoms with van der Waals surface area (Å²) in [5, 5.41) is 21.5. The molecule has 1 heterocycles. The smallest absolute Gasteiger partial charge is 0.328 e. The molecule has 1 saturated carbocycles. The lowest BCUT2D eigenvalue weighted by atomic mass is 10.00. The molecule has 1 atom stereocenters. The third kappa shape index (κ3) is 8.16. The van der Waals surface area contributed by atoms with Crippen LogP contribution in [0.25, 0.3) is 22.2 Å². The molecule has 3 aromatic rings. The summed E-state index contributed by atoms with van der Waals surface area (Å²) >= 11 is 3.50. The number of carbonyl (C=O) groups is 2. The number of aryl methyl sites for hydroxylation is 1. The molecule has 1 aliphatic rings. The number of unbranched alkanes of at least 4 members (excludes halogenated alkanes) is 3. The number of carboxylic acids is 2. The average molecular weight is 573 g/mol. The van der Waals surface area contributed by atoms with Crippen LogP contribution in [0.3, 0.4) is 0 Å². The standard InChI is InChI=1S/C24H30BrN3O.C4H4O4/c1-3-4-5-6-15-24(26,18-9-10-18)29-20-13-14-21-22(16-20)28(2)27-23(21)17-7-11-19(25)12-8-17;5-3(6)1-2-4(7)8/h7-8,11-14,16,18H,3-6,9-10,15,26H2,1-2H3;1-2H,(H,5,6)(H,7,8)/b;2-1+. The number of nitrogens with two attached hydrogens (primary N) is 1. The molecule has 8 nitrogen and oxygen atoms in total. The Morgan fingerprint density at radius 2 is 1.76 bits per heavy atom. The Morgan fingerprint density at radius 1 is 1.11 bits per heavy atom. The molecule has 198 valence electrons. The van der Waals surface area contributed by atoms with Gasteiger partial charge in [-0.25, -0.2) is 9.59 Å². The van der Waals surface area contributed by atoms with Gasteiger partial charge in [-0.05, 0) is 43.5 Å². The predicted molar refractivity (Wildman–Crippen MR) is 147 cm³/mol. The normalized spacial score (nSPS) is 14.7. The average Bonchev–Trinajstić information content (AvgIpc) is 3.67. The highest BCUT2D eigenvalue weighted by molar-refractivity contribution is 9.10.